The van der Waals surface area contributed by atoms with Crippen molar-refractivity contribution in [3.63, 3.8) is 0 Å². The van der Waals surface area contributed by atoms with Crippen LogP contribution in [0, 0.1) is 27.7 Å². The number of hydrogen-bond donors (Lipinski definition) is 1. The van der Waals surface area contributed by atoms with Crippen LogP contribution in [0.25, 0.3) is 0 Å². The van der Waals surface area contributed by atoms with Gasteiger partial charge in [0.05, 0.1) is 6.04 Å². The number of hydrogen-bond acceptors (Lipinski definition) is 2. The first-order valence-electron chi connectivity index (χ1n) is 6.90. The van der Waals surface area contributed by atoms with E-state index in [1.54, 1.807) is 0 Å². The molecule has 0 saturated carbocycles. The molecule has 0 aliphatic rings. The lowest BCUT2D eigenvalue weighted by atomic mass is 9.99. The van der Waals surface area contributed by atoms with Gasteiger partial charge in [-0.25, -0.2) is 0 Å². The van der Waals surface area contributed by atoms with E-state index in [2.05, 4.69) is 64.2 Å². The molecule has 1 unspecified atom stereocenters. The summed E-state index contributed by atoms with van der Waals surface area (Å²) in [6, 6.07) is 9.43. The van der Waals surface area contributed by atoms with Crippen molar-refractivity contribution in [1.82, 2.24) is 5.32 Å². The van der Waals surface area contributed by atoms with Gasteiger partial charge >= 0.3 is 0 Å². The second kappa shape index (κ2) is 5.89. The van der Waals surface area contributed by atoms with Crippen LogP contribution < -0.4 is 5.32 Å². The number of rotatable bonds is 4. The van der Waals surface area contributed by atoms with Crippen LogP contribution in [0.3, 0.4) is 0 Å². The van der Waals surface area contributed by atoms with E-state index in [0.29, 0.717) is 6.04 Å². The molecule has 102 valence electrons. The summed E-state index contributed by atoms with van der Waals surface area (Å²) in [6.45, 7) is 11.9. The largest absolute Gasteiger partial charge is 0.306 e. The fourth-order valence-electron chi connectivity index (χ4n) is 2.28. The Morgan fingerprint density at radius 3 is 2.26 bits per heavy atom. The molecule has 19 heavy (non-hydrogen) atoms. The first-order chi connectivity index (χ1) is 9.02. The van der Waals surface area contributed by atoms with Crippen molar-refractivity contribution in [3.8, 4) is 0 Å². The molecule has 2 aromatic rings. The summed E-state index contributed by atoms with van der Waals surface area (Å²) < 4.78 is 0. The van der Waals surface area contributed by atoms with Gasteiger partial charge in [-0.05, 0) is 62.6 Å². The van der Waals surface area contributed by atoms with E-state index < -0.39 is 0 Å². The molecule has 0 aliphatic carbocycles. The highest BCUT2D eigenvalue weighted by Crippen LogP contribution is 2.31. The lowest BCUT2D eigenvalue weighted by Crippen LogP contribution is -2.21. The molecule has 0 spiro atoms. The van der Waals surface area contributed by atoms with E-state index in [1.165, 1.54) is 32.0 Å². The normalized spacial score (nSPS) is 12.7. The molecule has 0 bridgehead atoms. The van der Waals surface area contributed by atoms with E-state index in [9.17, 15) is 0 Å². The molecule has 0 radical (unpaired) electrons. The summed E-state index contributed by atoms with van der Waals surface area (Å²) in [5.41, 5.74) is 5.49. The maximum Gasteiger partial charge on any atom is 0.0671 e. The fraction of sp³-hybridized carbons (Fsp3) is 0.412. The quantitative estimate of drug-likeness (QED) is 0.853. The van der Waals surface area contributed by atoms with Gasteiger partial charge in [0.1, 0.15) is 0 Å². The maximum atomic E-state index is 3.61. The summed E-state index contributed by atoms with van der Waals surface area (Å²) in [6.07, 6.45) is 0. The molecule has 0 fully saturated rings. The number of aryl methyl sites for hydroxylation is 4. The van der Waals surface area contributed by atoms with Gasteiger partial charge < -0.3 is 5.32 Å². The van der Waals surface area contributed by atoms with Crippen LogP contribution in [-0.2, 0) is 0 Å². The molecule has 1 N–H and O–H groups in total. The highest BCUT2D eigenvalue weighted by Gasteiger charge is 2.16. The minimum atomic E-state index is 0.321. The Morgan fingerprint density at radius 1 is 1.00 bits per heavy atom. The van der Waals surface area contributed by atoms with Crippen LogP contribution in [-0.4, -0.2) is 6.54 Å². The van der Waals surface area contributed by atoms with E-state index in [-0.39, 0.29) is 0 Å². The molecule has 2 rings (SSSR count). The Labute approximate surface area is 120 Å². The summed E-state index contributed by atoms with van der Waals surface area (Å²) >= 11 is 1.90. The summed E-state index contributed by atoms with van der Waals surface area (Å²) in [7, 11) is 0. The van der Waals surface area contributed by atoms with Gasteiger partial charge in [0.25, 0.3) is 0 Å². The molecule has 1 aromatic carbocycles. The topological polar surface area (TPSA) is 12.0 Å². The number of thiophene rings is 1. The highest BCUT2D eigenvalue weighted by atomic mass is 32.1. The van der Waals surface area contributed by atoms with Gasteiger partial charge in [-0.3, -0.25) is 0 Å². The van der Waals surface area contributed by atoms with Gasteiger partial charge in [0, 0.05) is 9.75 Å². The first-order valence-corrected chi connectivity index (χ1v) is 7.72. The minimum Gasteiger partial charge on any atom is -0.306 e. The standard InChI is InChI=1S/C17H23NS/c1-6-18-17(16-10-13(4)14(5)19-16)15-8-7-11(2)12(3)9-15/h7-10,17-18H,6H2,1-5H3. The third-order valence-electron chi connectivity index (χ3n) is 3.74. The monoisotopic (exact) mass is 273 g/mol. The second-order valence-electron chi connectivity index (χ2n) is 5.22. The van der Waals surface area contributed by atoms with Crippen LogP contribution in [0.1, 0.15) is 45.0 Å². The molecular formula is C17H23NS. The van der Waals surface area contributed by atoms with E-state index in [4.69, 9.17) is 0 Å². The molecule has 1 atom stereocenters. The van der Waals surface area contributed by atoms with Crippen LogP contribution in [0.2, 0.25) is 0 Å². The van der Waals surface area contributed by atoms with Crippen molar-refractivity contribution < 1.29 is 0 Å². The number of benzene rings is 1. The molecule has 2 heteroatoms. The van der Waals surface area contributed by atoms with Crippen molar-refractivity contribution in [2.75, 3.05) is 6.54 Å². The number of nitrogens with one attached hydrogen (secondary N) is 1. The SMILES string of the molecule is CCNC(c1ccc(C)c(C)c1)c1cc(C)c(C)s1. The Balaban J connectivity index is 2.41. The molecule has 0 aliphatic heterocycles. The summed E-state index contributed by atoms with van der Waals surface area (Å²) in [4.78, 5) is 2.84. The van der Waals surface area contributed by atoms with Crippen molar-refractivity contribution in [2.24, 2.45) is 0 Å². The third kappa shape index (κ3) is 3.07. The van der Waals surface area contributed by atoms with Crippen LogP contribution in [0.5, 0.6) is 0 Å². The molecule has 1 nitrogen and oxygen atoms in total. The molecule has 1 aromatic heterocycles. The van der Waals surface area contributed by atoms with Gasteiger partial charge in [-0.2, -0.15) is 0 Å². The predicted octanol–water partition coefficient (Wildman–Crippen LogP) is 4.68. The Morgan fingerprint density at radius 2 is 1.74 bits per heavy atom. The van der Waals surface area contributed by atoms with Gasteiger partial charge in [0.2, 0.25) is 0 Å². The van der Waals surface area contributed by atoms with Crippen molar-refractivity contribution in [2.45, 2.75) is 40.7 Å². The van der Waals surface area contributed by atoms with Crippen molar-refractivity contribution in [3.05, 3.63) is 56.3 Å². The zero-order valence-corrected chi connectivity index (χ0v) is 13.3. The fourth-order valence-corrected chi connectivity index (χ4v) is 3.42. The third-order valence-corrected chi connectivity index (χ3v) is 4.96. The van der Waals surface area contributed by atoms with Crippen LogP contribution in [0.4, 0.5) is 0 Å². The minimum absolute atomic E-state index is 0.321. The molecule has 0 saturated heterocycles. The predicted molar refractivity (Wildman–Crippen MR) is 85.2 cm³/mol. The molecule has 1 heterocycles. The summed E-state index contributed by atoms with van der Waals surface area (Å²) in [5, 5.41) is 3.61. The zero-order chi connectivity index (χ0) is 14.0. The Bertz CT molecular complexity index is 549. The first kappa shape index (κ1) is 14.3. The maximum absolute atomic E-state index is 3.61. The van der Waals surface area contributed by atoms with Gasteiger partial charge in [-0.15, -0.1) is 11.3 Å². The van der Waals surface area contributed by atoms with Gasteiger partial charge in [0.15, 0.2) is 0 Å². The highest BCUT2D eigenvalue weighted by molar-refractivity contribution is 7.12. The lowest BCUT2D eigenvalue weighted by Gasteiger charge is -2.18. The Kier molecular flexibility index (Phi) is 4.43. The van der Waals surface area contributed by atoms with Crippen molar-refractivity contribution >= 4 is 11.3 Å². The van der Waals surface area contributed by atoms with Crippen LogP contribution in [0.15, 0.2) is 24.3 Å². The second-order valence-corrected chi connectivity index (χ2v) is 6.51. The average molecular weight is 273 g/mol. The molecular weight excluding hydrogens is 250 g/mol. The van der Waals surface area contributed by atoms with Crippen molar-refractivity contribution in [1.29, 1.82) is 0 Å². The van der Waals surface area contributed by atoms with E-state index >= 15 is 0 Å². The summed E-state index contributed by atoms with van der Waals surface area (Å²) in [5.74, 6) is 0. The van der Waals surface area contributed by atoms with Gasteiger partial charge in [-0.1, -0.05) is 25.1 Å². The Hall–Kier alpha value is -1.12. The lowest BCUT2D eigenvalue weighted by molar-refractivity contribution is 0.639. The van der Waals surface area contributed by atoms with E-state index in [1.807, 2.05) is 11.3 Å². The zero-order valence-electron chi connectivity index (χ0n) is 12.5. The van der Waals surface area contributed by atoms with Crippen LogP contribution >= 0.6 is 11.3 Å². The smallest absolute Gasteiger partial charge is 0.0671 e. The van der Waals surface area contributed by atoms with E-state index in [0.717, 1.165) is 6.54 Å². The molecule has 0 amide bonds. The average Bonchev–Trinajstić information content (AvgIpc) is 2.70.